The predicted octanol–water partition coefficient (Wildman–Crippen LogP) is -1.60. The van der Waals surface area contributed by atoms with Crippen molar-refractivity contribution < 1.29 is 14.9 Å². The number of hydrogen-bond acceptors (Lipinski definition) is 5. The van der Waals surface area contributed by atoms with E-state index in [2.05, 4.69) is 10.2 Å². The van der Waals surface area contributed by atoms with Crippen LogP contribution in [0.25, 0.3) is 0 Å². The molecule has 2 rings (SSSR count). The van der Waals surface area contributed by atoms with Crippen molar-refractivity contribution in [3.05, 3.63) is 0 Å². The molecule has 88 valence electrons. The van der Waals surface area contributed by atoms with Crippen molar-refractivity contribution in [2.45, 2.75) is 24.7 Å². The summed E-state index contributed by atoms with van der Waals surface area (Å²) in [5, 5.41) is 22.1. The van der Waals surface area contributed by atoms with E-state index in [0.29, 0.717) is 6.54 Å². The fraction of sp³-hybridized carbons (Fsp3) is 1.00. The molecular weight excluding hydrogens is 196 g/mol. The molecule has 0 aromatic carbocycles. The van der Waals surface area contributed by atoms with Gasteiger partial charge in [0.25, 0.3) is 0 Å². The number of aliphatic hydroxyl groups excluding tert-OH is 2. The van der Waals surface area contributed by atoms with Crippen LogP contribution < -0.4 is 5.32 Å². The van der Waals surface area contributed by atoms with Gasteiger partial charge in [0.05, 0.1) is 25.4 Å². The summed E-state index contributed by atoms with van der Waals surface area (Å²) < 4.78 is 5.26. The van der Waals surface area contributed by atoms with Gasteiger partial charge >= 0.3 is 0 Å². The zero-order valence-corrected chi connectivity index (χ0v) is 8.93. The maximum absolute atomic E-state index is 9.63. The summed E-state index contributed by atoms with van der Waals surface area (Å²) in [6, 6.07) is 0.0443. The minimum absolute atomic E-state index is 0.0443. The molecule has 0 spiro atoms. The molecule has 0 aliphatic carbocycles. The molecule has 2 saturated heterocycles. The Balaban J connectivity index is 1.68. The van der Waals surface area contributed by atoms with Crippen LogP contribution in [0.4, 0.5) is 0 Å². The standard InChI is InChI=1S/C10H20N2O3/c13-9-7-11-8(10(9)14)1-2-12-3-5-15-6-4-12/h8-11,13-14H,1-7H2/t8-,9-,10+/m1/s1. The first-order valence-corrected chi connectivity index (χ1v) is 5.67. The van der Waals surface area contributed by atoms with E-state index >= 15 is 0 Å². The first-order valence-electron chi connectivity index (χ1n) is 5.67. The molecule has 0 amide bonds. The van der Waals surface area contributed by atoms with E-state index in [0.717, 1.165) is 39.3 Å². The highest BCUT2D eigenvalue weighted by Gasteiger charge is 2.32. The third-order valence-corrected chi connectivity index (χ3v) is 3.26. The molecule has 2 aliphatic rings. The van der Waals surface area contributed by atoms with Crippen LogP contribution in [-0.4, -0.2) is 72.8 Å². The van der Waals surface area contributed by atoms with Gasteiger partial charge in [-0.25, -0.2) is 0 Å². The molecule has 0 bridgehead atoms. The summed E-state index contributed by atoms with van der Waals surface area (Å²) in [5.74, 6) is 0. The third-order valence-electron chi connectivity index (χ3n) is 3.26. The Kier molecular flexibility index (Phi) is 3.93. The number of β-amino-alcohol motifs (C(OH)–C–C–N with tert-alkyl or cyclic N) is 1. The second-order valence-electron chi connectivity index (χ2n) is 4.32. The van der Waals surface area contributed by atoms with Crippen LogP contribution >= 0.6 is 0 Å². The van der Waals surface area contributed by atoms with Crippen molar-refractivity contribution in [3.63, 3.8) is 0 Å². The Morgan fingerprint density at radius 1 is 1.27 bits per heavy atom. The van der Waals surface area contributed by atoms with E-state index < -0.39 is 12.2 Å². The van der Waals surface area contributed by atoms with Gasteiger partial charge < -0.3 is 20.3 Å². The maximum atomic E-state index is 9.63. The van der Waals surface area contributed by atoms with Crippen molar-refractivity contribution in [3.8, 4) is 0 Å². The highest BCUT2D eigenvalue weighted by molar-refractivity contribution is 4.90. The predicted molar refractivity (Wildman–Crippen MR) is 55.7 cm³/mol. The fourth-order valence-electron chi connectivity index (χ4n) is 2.20. The van der Waals surface area contributed by atoms with E-state index in [4.69, 9.17) is 4.74 Å². The van der Waals surface area contributed by atoms with Crippen molar-refractivity contribution >= 4 is 0 Å². The van der Waals surface area contributed by atoms with Crippen LogP contribution in [0.3, 0.4) is 0 Å². The lowest BCUT2D eigenvalue weighted by molar-refractivity contribution is 0.0232. The number of nitrogens with one attached hydrogen (secondary N) is 1. The molecule has 2 heterocycles. The smallest absolute Gasteiger partial charge is 0.0964 e. The highest BCUT2D eigenvalue weighted by Crippen LogP contribution is 2.12. The molecular formula is C10H20N2O3. The van der Waals surface area contributed by atoms with Gasteiger partial charge in [0, 0.05) is 25.7 Å². The molecule has 2 aliphatic heterocycles. The highest BCUT2D eigenvalue weighted by atomic mass is 16.5. The first kappa shape index (κ1) is 11.3. The molecule has 5 nitrogen and oxygen atoms in total. The topological polar surface area (TPSA) is 65.0 Å². The van der Waals surface area contributed by atoms with Gasteiger partial charge in [0.15, 0.2) is 0 Å². The summed E-state index contributed by atoms with van der Waals surface area (Å²) in [6.07, 6.45) is -0.316. The normalized spacial score (nSPS) is 38.4. The molecule has 0 aromatic rings. The van der Waals surface area contributed by atoms with Gasteiger partial charge in [-0.1, -0.05) is 0 Å². The SMILES string of the molecule is O[C@@H]1[C@H](O)CN[C@@H]1CCN1CCOCC1. The summed E-state index contributed by atoms with van der Waals surface area (Å²) >= 11 is 0. The van der Waals surface area contributed by atoms with Gasteiger partial charge in [-0.15, -0.1) is 0 Å². The Morgan fingerprint density at radius 2 is 2.00 bits per heavy atom. The minimum Gasteiger partial charge on any atom is -0.389 e. The van der Waals surface area contributed by atoms with Crippen LogP contribution in [0.15, 0.2) is 0 Å². The maximum Gasteiger partial charge on any atom is 0.0964 e. The first-order chi connectivity index (χ1) is 7.27. The number of aliphatic hydroxyl groups is 2. The van der Waals surface area contributed by atoms with E-state index in [1.807, 2.05) is 0 Å². The van der Waals surface area contributed by atoms with E-state index in [-0.39, 0.29) is 6.04 Å². The second kappa shape index (κ2) is 5.23. The zero-order valence-electron chi connectivity index (χ0n) is 8.93. The lowest BCUT2D eigenvalue weighted by Gasteiger charge is -2.28. The Morgan fingerprint density at radius 3 is 2.60 bits per heavy atom. The number of morpholine rings is 1. The summed E-state index contributed by atoms with van der Waals surface area (Å²) in [4.78, 5) is 2.34. The zero-order chi connectivity index (χ0) is 10.7. The minimum atomic E-state index is -0.606. The Labute approximate surface area is 90.0 Å². The van der Waals surface area contributed by atoms with E-state index in [1.165, 1.54) is 0 Å². The van der Waals surface area contributed by atoms with Crippen LogP contribution in [0, 0.1) is 0 Å². The third kappa shape index (κ3) is 2.89. The van der Waals surface area contributed by atoms with Gasteiger partial charge in [0.1, 0.15) is 0 Å². The largest absolute Gasteiger partial charge is 0.389 e. The molecule has 0 unspecified atom stereocenters. The average Bonchev–Trinajstić information content (AvgIpc) is 2.59. The van der Waals surface area contributed by atoms with Crippen LogP contribution in [0.2, 0.25) is 0 Å². The Hall–Kier alpha value is -0.200. The molecule has 15 heavy (non-hydrogen) atoms. The summed E-state index contributed by atoms with van der Waals surface area (Å²) in [6.45, 7) is 5.04. The van der Waals surface area contributed by atoms with Crippen molar-refractivity contribution in [1.29, 1.82) is 0 Å². The monoisotopic (exact) mass is 216 g/mol. The molecule has 0 aromatic heterocycles. The van der Waals surface area contributed by atoms with Gasteiger partial charge in [-0.3, -0.25) is 4.90 Å². The lowest BCUT2D eigenvalue weighted by atomic mass is 10.1. The van der Waals surface area contributed by atoms with Crippen LogP contribution in [0.1, 0.15) is 6.42 Å². The fourth-order valence-corrected chi connectivity index (χ4v) is 2.20. The van der Waals surface area contributed by atoms with Gasteiger partial charge in [-0.2, -0.15) is 0 Å². The second-order valence-corrected chi connectivity index (χ2v) is 4.32. The van der Waals surface area contributed by atoms with Crippen molar-refractivity contribution in [2.24, 2.45) is 0 Å². The molecule has 0 radical (unpaired) electrons. The van der Waals surface area contributed by atoms with Crippen LogP contribution in [0.5, 0.6) is 0 Å². The number of rotatable bonds is 3. The molecule has 5 heteroatoms. The average molecular weight is 216 g/mol. The lowest BCUT2D eigenvalue weighted by Crippen LogP contribution is -2.41. The molecule has 2 fully saturated rings. The van der Waals surface area contributed by atoms with E-state index in [1.54, 1.807) is 0 Å². The van der Waals surface area contributed by atoms with Crippen molar-refractivity contribution in [2.75, 3.05) is 39.4 Å². The molecule has 3 atom stereocenters. The quantitative estimate of drug-likeness (QED) is 0.530. The van der Waals surface area contributed by atoms with Crippen LogP contribution in [-0.2, 0) is 4.74 Å². The summed E-state index contributed by atoms with van der Waals surface area (Å²) in [7, 11) is 0. The molecule has 0 saturated carbocycles. The summed E-state index contributed by atoms with van der Waals surface area (Å²) in [5.41, 5.74) is 0. The Bertz CT molecular complexity index is 197. The number of hydrogen-bond donors (Lipinski definition) is 3. The van der Waals surface area contributed by atoms with Gasteiger partial charge in [0.2, 0.25) is 0 Å². The van der Waals surface area contributed by atoms with Crippen molar-refractivity contribution in [1.82, 2.24) is 10.2 Å². The number of ether oxygens (including phenoxy) is 1. The van der Waals surface area contributed by atoms with E-state index in [9.17, 15) is 10.2 Å². The molecule has 3 N–H and O–H groups in total. The van der Waals surface area contributed by atoms with Gasteiger partial charge in [-0.05, 0) is 13.0 Å². The number of nitrogens with zero attached hydrogens (tertiary/aromatic N) is 1.